The molecular weight excluding hydrogens is 455 g/mol. The molecule has 0 radical (unpaired) electrons. The van der Waals surface area contributed by atoms with E-state index in [1.165, 1.54) is 12.1 Å². The summed E-state index contributed by atoms with van der Waals surface area (Å²) < 4.78 is 35.9. The van der Waals surface area contributed by atoms with Crippen LogP contribution < -0.4 is 4.74 Å². The van der Waals surface area contributed by atoms with E-state index in [0.29, 0.717) is 32.8 Å². The van der Waals surface area contributed by atoms with Crippen LogP contribution in [-0.4, -0.2) is 21.1 Å². The first-order valence-corrected chi connectivity index (χ1v) is 11.3. The standard InChI is InChI=1S/C21H15Cl3O4S/c22-14-10-18(23)20(19(24)11-14)17-8-4-5-13-9-15(28-21(13)17)12-27-29(25,26)16-6-2-1-3-7-16/h1-8,10-11,15H,9,12H2. The van der Waals surface area contributed by atoms with E-state index in [1.54, 1.807) is 30.3 Å². The summed E-state index contributed by atoms with van der Waals surface area (Å²) in [5.74, 6) is 0.615. The number of rotatable bonds is 5. The van der Waals surface area contributed by atoms with Crippen molar-refractivity contribution < 1.29 is 17.3 Å². The number of hydrogen-bond donors (Lipinski definition) is 0. The molecule has 0 saturated carbocycles. The van der Waals surface area contributed by atoms with Crippen molar-refractivity contribution in [2.24, 2.45) is 0 Å². The summed E-state index contributed by atoms with van der Waals surface area (Å²) in [4.78, 5) is 0.107. The molecule has 0 N–H and O–H groups in total. The van der Waals surface area contributed by atoms with Crippen LogP contribution in [0.15, 0.2) is 65.6 Å². The molecule has 3 aromatic carbocycles. The second kappa shape index (κ2) is 8.17. The van der Waals surface area contributed by atoms with Gasteiger partial charge in [-0.1, -0.05) is 71.2 Å². The maximum absolute atomic E-state index is 12.3. The van der Waals surface area contributed by atoms with Crippen molar-refractivity contribution in [1.82, 2.24) is 0 Å². The van der Waals surface area contributed by atoms with E-state index < -0.39 is 16.2 Å². The van der Waals surface area contributed by atoms with Crippen molar-refractivity contribution in [3.05, 3.63) is 81.3 Å². The van der Waals surface area contributed by atoms with Crippen LogP contribution >= 0.6 is 34.8 Å². The molecule has 1 aliphatic heterocycles. The third-order valence-electron chi connectivity index (χ3n) is 4.55. The summed E-state index contributed by atoms with van der Waals surface area (Å²) in [7, 11) is -3.85. The van der Waals surface area contributed by atoms with E-state index in [-0.39, 0.29) is 11.5 Å². The number of benzene rings is 3. The van der Waals surface area contributed by atoms with Crippen LogP contribution in [0.2, 0.25) is 15.1 Å². The zero-order valence-electron chi connectivity index (χ0n) is 14.9. The lowest BCUT2D eigenvalue weighted by Crippen LogP contribution is -2.23. The Kier molecular flexibility index (Phi) is 5.78. The van der Waals surface area contributed by atoms with Gasteiger partial charge in [0.15, 0.2) is 0 Å². The zero-order chi connectivity index (χ0) is 20.6. The SMILES string of the molecule is O=S(=O)(OCC1Cc2cccc(-c3c(Cl)cc(Cl)cc3Cl)c2O1)c1ccccc1. The zero-order valence-corrected chi connectivity index (χ0v) is 18.0. The van der Waals surface area contributed by atoms with Crippen molar-refractivity contribution in [1.29, 1.82) is 0 Å². The van der Waals surface area contributed by atoms with E-state index in [2.05, 4.69) is 0 Å². The number of fused-ring (bicyclic) bond motifs is 1. The number of halogens is 3. The first-order valence-electron chi connectivity index (χ1n) is 8.73. The minimum absolute atomic E-state index is 0.104. The molecule has 8 heteroatoms. The van der Waals surface area contributed by atoms with Crippen molar-refractivity contribution in [2.45, 2.75) is 17.4 Å². The normalized spacial score (nSPS) is 15.8. The molecule has 0 bridgehead atoms. The van der Waals surface area contributed by atoms with Gasteiger partial charge in [0, 0.05) is 22.6 Å². The quantitative estimate of drug-likeness (QED) is 0.429. The Bertz CT molecular complexity index is 1140. The van der Waals surface area contributed by atoms with E-state index in [9.17, 15) is 8.42 Å². The molecule has 3 aromatic rings. The van der Waals surface area contributed by atoms with Gasteiger partial charge in [-0.2, -0.15) is 8.42 Å². The Morgan fingerprint density at radius 1 is 0.966 bits per heavy atom. The molecule has 0 fully saturated rings. The minimum Gasteiger partial charge on any atom is -0.487 e. The molecule has 0 spiro atoms. The molecule has 0 saturated heterocycles. The molecule has 0 aliphatic carbocycles. The van der Waals surface area contributed by atoms with Gasteiger partial charge in [-0.25, -0.2) is 0 Å². The summed E-state index contributed by atoms with van der Waals surface area (Å²) in [6, 6.07) is 16.9. The van der Waals surface area contributed by atoms with Gasteiger partial charge in [0.05, 0.1) is 14.9 Å². The van der Waals surface area contributed by atoms with Gasteiger partial charge in [-0.05, 0) is 29.8 Å². The van der Waals surface area contributed by atoms with Crippen molar-refractivity contribution in [3.8, 4) is 16.9 Å². The maximum Gasteiger partial charge on any atom is 0.297 e. The van der Waals surface area contributed by atoms with Gasteiger partial charge in [0.25, 0.3) is 10.1 Å². The van der Waals surface area contributed by atoms with E-state index in [4.69, 9.17) is 43.7 Å². The molecule has 1 atom stereocenters. The van der Waals surface area contributed by atoms with Crippen LogP contribution in [0.25, 0.3) is 11.1 Å². The molecule has 0 amide bonds. The Balaban J connectivity index is 1.56. The Morgan fingerprint density at radius 2 is 1.66 bits per heavy atom. The number of para-hydroxylation sites is 1. The van der Waals surface area contributed by atoms with Crippen LogP contribution in [-0.2, 0) is 20.7 Å². The van der Waals surface area contributed by atoms with E-state index in [1.807, 2.05) is 18.2 Å². The lowest BCUT2D eigenvalue weighted by molar-refractivity contribution is 0.152. The van der Waals surface area contributed by atoms with E-state index >= 15 is 0 Å². The highest BCUT2D eigenvalue weighted by molar-refractivity contribution is 7.86. The maximum atomic E-state index is 12.3. The van der Waals surface area contributed by atoms with E-state index in [0.717, 1.165) is 11.1 Å². The van der Waals surface area contributed by atoms with Crippen molar-refractivity contribution in [2.75, 3.05) is 6.61 Å². The third kappa shape index (κ3) is 4.25. The predicted molar refractivity (Wildman–Crippen MR) is 115 cm³/mol. The lowest BCUT2D eigenvalue weighted by Gasteiger charge is -2.15. The van der Waals surface area contributed by atoms with Gasteiger partial charge >= 0.3 is 0 Å². The average Bonchev–Trinajstić information content (AvgIpc) is 3.10. The first-order chi connectivity index (χ1) is 13.8. The predicted octanol–water partition coefficient (Wildman–Crippen LogP) is 6.02. The third-order valence-corrected chi connectivity index (χ3v) is 6.66. The molecular formula is C21H15Cl3O4S. The van der Waals surface area contributed by atoms with Crippen molar-refractivity contribution in [3.63, 3.8) is 0 Å². The first kappa shape index (κ1) is 20.5. The molecule has 1 aliphatic rings. The minimum atomic E-state index is -3.85. The number of ether oxygens (including phenoxy) is 1. The monoisotopic (exact) mass is 468 g/mol. The number of hydrogen-bond acceptors (Lipinski definition) is 4. The molecule has 150 valence electrons. The summed E-state index contributed by atoms with van der Waals surface area (Å²) in [6.07, 6.45) is 0.0607. The second-order valence-corrected chi connectivity index (χ2v) is 9.40. The molecule has 4 nitrogen and oxygen atoms in total. The van der Waals surface area contributed by atoms with Gasteiger partial charge in [-0.15, -0.1) is 0 Å². The summed E-state index contributed by atoms with van der Waals surface area (Å²) in [5.41, 5.74) is 2.27. The summed E-state index contributed by atoms with van der Waals surface area (Å²) in [5, 5.41) is 1.26. The molecule has 4 rings (SSSR count). The van der Waals surface area contributed by atoms with Gasteiger partial charge in [0.2, 0.25) is 0 Å². The molecule has 29 heavy (non-hydrogen) atoms. The second-order valence-electron chi connectivity index (χ2n) is 6.53. The highest BCUT2D eigenvalue weighted by Gasteiger charge is 2.29. The molecule has 1 unspecified atom stereocenters. The summed E-state index contributed by atoms with van der Waals surface area (Å²) in [6.45, 7) is -0.104. The Hall–Kier alpha value is -1.76. The fourth-order valence-corrected chi connectivity index (χ4v) is 5.23. The fourth-order valence-electron chi connectivity index (χ4n) is 3.25. The van der Waals surface area contributed by atoms with Gasteiger partial charge < -0.3 is 4.74 Å². The van der Waals surface area contributed by atoms with Crippen LogP contribution in [0.4, 0.5) is 0 Å². The highest BCUT2D eigenvalue weighted by Crippen LogP contribution is 2.45. The topological polar surface area (TPSA) is 52.6 Å². The Morgan fingerprint density at radius 3 is 2.34 bits per heavy atom. The largest absolute Gasteiger partial charge is 0.487 e. The Labute approximate surface area is 184 Å². The lowest BCUT2D eigenvalue weighted by atomic mass is 10.0. The summed E-state index contributed by atoms with van der Waals surface area (Å²) >= 11 is 18.7. The smallest absolute Gasteiger partial charge is 0.297 e. The molecule has 1 heterocycles. The fraction of sp³-hybridized carbons (Fsp3) is 0.143. The van der Waals surface area contributed by atoms with Crippen LogP contribution in [0.5, 0.6) is 5.75 Å². The van der Waals surface area contributed by atoms with Gasteiger partial charge in [-0.3, -0.25) is 4.18 Å². The average molecular weight is 470 g/mol. The van der Waals surface area contributed by atoms with Crippen LogP contribution in [0.3, 0.4) is 0 Å². The van der Waals surface area contributed by atoms with Crippen LogP contribution in [0.1, 0.15) is 5.56 Å². The van der Waals surface area contributed by atoms with Gasteiger partial charge in [0.1, 0.15) is 18.5 Å². The molecule has 0 aromatic heterocycles. The van der Waals surface area contributed by atoms with Crippen LogP contribution in [0, 0.1) is 0 Å². The highest BCUT2D eigenvalue weighted by atomic mass is 35.5. The van der Waals surface area contributed by atoms with Crippen molar-refractivity contribution >= 4 is 44.9 Å².